The summed E-state index contributed by atoms with van der Waals surface area (Å²) in [6, 6.07) is 33.0. The molecule has 6 rings (SSSR count). The van der Waals surface area contributed by atoms with Crippen LogP contribution in [0, 0.1) is 6.92 Å². The van der Waals surface area contributed by atoms with Crippen LogP contribution in [0.2, 0.25) is 0 Å². The van der Waals surface area contributed by atoms with Crippen LogP contribution in [0.15, 0.2) is 147 Å². The Labute approximate surface area is 386 Å². The Bertz CT molecular complexity index is 3020. The van der Waals surface area contributed by atoms with Crippen molar-refractivity contribution in [3.8, 4) is 0 Å². The Hall–Kier alpha value is -8.78. The number of benzene rings is 6. The van der Waals surface area contributed by atoms with E-state index in [1.165, 1.54) is 37.4 Å². The lowest BCUT2D eigenvalue weighted by molar-refractivity contribution is -0.118. The van der Waals surface area contributed by atoms with E-state index in [1.807, 2.05) is 43.3 Å². The number of anilines is 3. The van der Waals surface area contributed by atoms with Gasteiger partial charge < -0.3 is 30.7 Å². The van der Waals surface area contributed by atoms with E-state index in [0.29, 0.717) is 38.8 Å². The van der Waals surface area contributed by atoms with Gasteiger partial charge in [-0.3, -0.25) is 28.8 Å². The fourth-order valence-electron chi connectivity index (χ4n) is 7.07. The first-order chi connectivity index (χ1) is 32.0. The van der Waals surface area contributed by atoms with E-state index < -0.39 is 59.9 Å². The van der Waals surface area contributed by atoms with E-state index in [4.69, 9.17) is 9.47 Å². The van der Waals surface area contributed by atoms with E-state index in [9.17, 15) is 38.4 Å². The Morgan fingerprint density at radius 2 is 1.00 bits per heavy atom. The van der Waals surface area contributed by atoms with Gasteiger partial charge in [-0.1, -0.05) is 87.2 Å². The first-order valence-electron chi connectivity index (χ1n) is 20.8. The van der Waals surface area contributed by atoms with Gasteiger partial charge in [-0.05, 0) is 96.9 Å². The van der Waals surface area contributed by atoms with Gasteiger partial charge in [0.25, 0.3) is 23.6 Å². The third-order valence-electron chi connectivity index (χ3n) is 10.9. The Morgan fingerprint density at radius 1 is 0.522 bits per heavy atom. The van der Waals surface area contributed by atoms with Crippen LogP contribution in [-0.2, 0) is 24.5 Å². The zero-order valence-corrected chi connectivity index (χ0v) is 37.1. The minimum Gasteiger partial charge on any atom is -0.454 e. The number of hydrogen-bond acceptors (Lipinski definition) is 10. The molecule has 0 spiro atoms. The maximum atomic E-state index is 14.2. The Balaban J connectivity index is 1.28. The van der Waals surface area contributed by atoms with E-state index in [0.717, 1.165) is 17.7 Å². The maximum Gasteiger partial charge on any atom is 0.339 e. The van der Waals surface area contributed by atoms with Crippen molar-refractivity contribution < 1.29 is 47.8 Å². The molecule has 0 fully saturated rings. The standard InChI is InChI=1S/C53H46N4O10/c1-7-37(58)29-66-51(64)41-21-19-34(27-43(41)49(62)54-6)53(4,5)35-20-22-42(52(65)67-30-38(59)8-2)44(28-35)50(63)55-36-16-12-15-33(26-36)48(61)57-46-24-23-45(39-17-9-10-18-40(39)46)56-47(60)32-14-11-13-31(3)25-32/h7-28H,1-2,29-30H2,3-6H3,(H,54,62)(H,55,63)(H,56,60)(H,57,61). The number of ether oxygens (including phenoxy) is 2. The third kappa shape index (κ3) is 11.1. The van der Waals surface area contributed by atoms with Crippen LogP contribution in [0.3, 0.4) is 0 Å². The molecule has 67 heavy (non-hydrogen) atoms. The molecule has 0 saturated heterocycles. The number of rotatable bonds is 17. The lowest BCUT2D eigenvalue weighted by Gasteiger charge is -2.28. The van der Waals surface area contributed by atoms with E-state index in [-0.39, 0.29) is 39.4 Å². The number of aryl methyl sites for hydroxylation is 1. The summed E-state index contributed by atoms with van der Waals surface area (Å²) in [6.45, 7) is 11.1. The van der Waals surface area contributed by atoms with Crippen molar-refractivity contribution in [3.63, 3.8) is 0 Å². The van der Waals surface area contributed by atoms with Crippen LogP contribution in [0.25, 0.3) is 10.8 Å². The topological polar surface area (TPSA) is 203 Å². The number of fused-ring (bicyclic) bond motifs is 1. The van der Waals surface area contributed by atoms with Crippen LogP contribution >= 0.6 is 0 Å². The van der Waals surface area contributed by atoms with Crippen molar-refractivity contribution in [2.24, 2.45) is 0 Å². The van der Waals surface area contributed by atoms with Crippen molar-refractivity contribution in [1.82, 2.24) is 5.32 Å². The normalized spacial score (nSPS) is 10.8. The zero-order valence-electron chi connectivity index (χ0n) is 37.1. The second-order valence-corrected chi connectivity index (χ2v) is 15.7. The van der Waals surface area contributed by atoms with Gasteiger partial charge in [0.15, 0.2) is 24.8 Å². The van der Waals surface area contributed by atoms with Gasteiger partial charge in [-0.15, -0.1) is 0 Å². The van der Waals surface area contributed by atoms with Gasteiger partial charge in [-0.25, -0.2) is 9.59 Å². The van der Waals surface area contributed by atoms with Gasteiger partial charge in [0.1, 0.15) is 0 Å². The lowest BCUT2D eigenvalue weighted by atomic mass is 9.76. The summed E-state index contributed by atoms with van der Waals surface area (Å²) in [6.07, 6.45) is 2.01. The number of ketones is 2. The summed E-state index contributed by atoms with van der Waals surface area (Å²) in [5.74, 6) is -5.11. The van der Waals surface area contributed by atoms with Gasteiger partial charge >= 0.3 is 11.9 Å². The average Bonchev–Trinajstić information content (AvgIpc) is 3.34. The van der Waals surface area contributed by atoms with Crippen LogP contribution in [-0.4, -0.2) is 67.4 Å². The highest BCUT2D eigenvalue weighted by Crippen LogP contribution is 2.35. The highest BCUT2D eigenvalue weighted by molar-refractivity contribution is 6.16. The highest BCUT2D eigenvalue weighted by atomic mass is 16.5. The SMILES string of the molecule is C=CC(=O)COC(=O)c1ccc(C(C)(C)c2ccc(C(=O)OCC(=O)C=C)c(C(=O)Nc3cccc(C(=O)Nc4ccc(NC(=O)c5cccc(C)c5)c5ccccc45)c3)c2)cc1C(=O)NC. The number of carbonyl (C=O) groups excluding carboxylic acids is 8. The fraction of sp³-hybridized carbons (Fsp3) is 0.132. The first kappa shape index (κ1) is 47.7. The summed E-state index contributed by atoms with van der Waals surface area (Å²) in [7, 11) is 1.39. The molecule has 0 atom stereocenters. The van der Waals surface area contributed by atoms with Gasteiger partial charge in [0.05, 0.1) is 22.3 Å². The monoisotopic (exact) mass is 898 g/mol. The molecular formula is C53H46N4O10. The maximum absolute atomic E-state index is 14.2. The average molecular weight is 899 g/mol. The predicted octanol–water partition coefficient (Wildman–Crippen LogP) is 8.41. The Kier molecular flexibility index (Phi) is 14.8. The molecule has 338 valence electrons. The van der Waals surface area contributed by atoms with E-state index in [2.05, 4.69) is 34.4 Å². The van der Waals surface area contributed by atoms with E-state index >= 15 is 0 Å². The molecule has 0 saturated carbocycles. The molecule has 4 N–H and O–H groups in total. The third-order valence-corrected chi connectivity index (χ3v) is 10.9. The highest BCUT2D eigenvalue weighted by Gasteiger charge is 2.30. The summed E-state index contributed by atoms with van der Waals surface area (Å²) in [4.78, 5) is 104. The summed E-state index contributed by atoms with van der Waals surface area (Å²) >= 11 is 0. The number of amides is 4. The molecule has 0 aliphatic carbocycles. The molecule has 4 amide bonds. The molecule has 14 heteroatoms. The van der Waals surface area contributed by atoms with Crippen LogP contribution < -0.4 is 21.3 Å². The van der Waals surface area contributed by atoms with Crippen LogP contribution in [0.4, 0.5) is 17.1 Å². The minimum absolute atomic E-state index is 0.0364. The van der Waals surface area contributed by atoms with Crippen molar-refractivity contribution in [2.45, 2.75) is 26.2 Å². The smallest absolute Gasteiger partial charge is 0.339 e. The quantitative estimate of drug-likeness (QED) is 0.0508. The second-order valence-electron chi connectivity index (χ2n) is 15.7. The number of esters is 2. The Morgan fingerprint density at radius 3 is 1.48 bits per heavy atom. The largest absolute Gasteiger partial charge is 0.454 e. The summed E-state index contributed by atoms with van der Waals surface area (Å²) in [5.41, 5.74) is 2.43. The summed E-state index contributed by atoms with van der Waals surface area (Å²) < 4.78 is 10.3. The fourth-order valence-corrected chi connectivity index (χ4v) is 7.07. The predicted molar refractivity (Wildman–Crippen MR) is 255 cm³/mol. The molecular weight excluding hydrogens is 853 g/mol. The number of carbonyl (C=O) groups is 8. The molecule has 0 aliphatic heterocycles. The minimum atomic E-state index is -0.993. The zero-order chi connectivity index (χ0) is 48.4. The van der Waals surface area contributed by atoms with Crippen molar-refractivity contribution >= 4 is 75.0 Å². The molecule has 0 radical (unpaired) electrons. The molecule has 0 aromatic heterocycles. The molecule has 0 unspecified atom stereocenters. The molecule has 14 nitrogen and oxygen atoms in total. The second kappa shape index (κ2) is 20.8. The number of hydrogen-bond donors (Lipinski definition) is 4. The lowest BCUT2D eigenvalue weighted by Crippen LogP contribution is -2.26. The van der Waals surface area contributed by atoms with Gasteiger partial charge in [-0.2, -0.15) is 0 Å². The summed E-state index contributed by atoms with van der Waals surface area (Å²) in [5, 5.41) is 12.5. The van der Waals surface area contributed by atoms with E-state index in [1.54, 1.807) is 68.4 Å². The van der Waals surface area contributed by atoms with Crippen LogP contribution in [0.1, 0.15) is 92.7 Å². The van der Waals surface area contributed by atoms with Crippen molar-refractivity contribution in [3.05, 3.63) is 197 Å². The van der Waals surface area contributed by atoms with Gasteiger partial charge in [0.2, 0.25) is 0 Å². The van der Waals surface area contributed by atoms with Crippen LogP contribution in [0.5, 0.6) is 0 Å². The van der Waals surface area contributed by atoms with Gasteiger partial charge in [0, 0.05) is 51.4 Å². The molecule has 0 heterocycles. The first-order valence-corrected chi connectivity index (χ1v) is 20.8. The molecule has 6 aromatic rings. The molecule has 0 bridgehead atoms. The van der Waals surface area contributed by atoms with Crippen molar-refractivity contribution in [2.75, 3.05) is 36.2 Å². The molecule has 0 aliphatic rings. The van der Waals surface area contributed by atoms with Crippen molar-refractivity contribution in [1.29, 1.82) is 0 Å². The number of nitrogens with one attached hydrogen (secondary N) is 4. The molecule has 6 aromatic carbocycles.